The Balaban J connectivity index is 2.09. The van der Waals surface area contributed by atoms with Gasteiger partial charge >= 0.3 is 0 Å². The molecule has 0 aliphatic rings. The van der Waals surface area contributed by atoms with Gasteiger partial charge in [-0.15, -0.1) is 0 Å². The molecule has 0 amide bonds. The summed E-state index contributed by atoms with van der Waals surface area (Å²) in [5.41, 5.74) is 8.15. The third-order valence-corrected chi connectivity index (χ3v) is 5.59. The summed E-state index contributed by atoms with van der Waals surface area (Å²) in [4.78, 5) is 25.9. The number of fused-ring (bicyclic) bond motifs is 1. The van der Waals surface area contributed by atoms with Crippen molar-refractivity contribution in [3.63, 3.8) is 0 Å². The van der Waals surface area contributed by atoms with Crippen LogP contribution in [0, 0.1) is 12.3 Å². The zero-order valence-corrected chi connectivity index (χ0v) is 17.6. The number of benzene rings is 1. The molecule has 2 N–H and O–H groups in total. The van der Waals surface area contributed by atoms with E-state index in [-0.39, 0.29) is 11.2 Å². The van der Waals surface area contributed by atoms with E-state index in [1.54, 1.807) is 14.0 Å². The Kier molecular flexibility index (Phi) is 5.60. The average Bonchev–Trinajstić information content (AvgIpc) is 2.94. The molecule has 148 valence electrons. The summed E-state index contributed by atoms with van der Waals surface area (Å²) in [6.45, 7) is 8.38. The number of anilines is 1. The standard InChI is InChI=1S/C20H25N5O2S/c1-12-6-7-14(27-5)8-15(12)28-19-24-16-17(21)22-11-23-18(16)25(19)10-20(3,4)9-13(2)26/h6-8,11H,9-10H2,1-5H3,(H2,21,22,23). The first-order chi connectivity index (χ1) is 13.2. The first kappa shape index (κ1) is 20.1. The minimum absolute atomic E-state index is 0.154. The van der Waals surface area contributed by atoms with Crippen LogP contribution in [0.15, 0.2) is 34.6 Å². The quantitative estimate of drug-likeness (QED) is 0.644. The predicted octanol–water partition coefficient (Wildman–Crippen LogP) is 3.88. The van der Waals surface area contributed by atoms with Crippen molar-refractivity contribution in [2.24, 2.45) is 5.41 Å². The Morgan fingerprint density at radius 1 is 1.32 bits per heavy atom. The van der Waals surface area contributed by atoms with E-state index in [4.69, 9.17) is 15.5 Å². The zero-order chi connectivity index (χ0) is 20.5. The number of nitrogen functional groups attached to an aromatic ring is 1. The van der Waals surface area contributed by atoms with Crippen LogP contribution in [0.3, 0.4) is 0 Å². The Morgan fingerprint density at radius 2 is 2.07 bits per heavy atom. The second-order valence-corrected chi connectivity index (χ2v) is 8.70. The van der Waals surface area contributed by atoms with E-state index < -0.39 is 0 Å². The highest BCUT2D eigenvalue weighted by Crippen LogP contribution is 2.36. The number of imidazole rings is 1. The minimum atomic E-state index is -0.252. The maximum absolute atomic E-state index is 11.7. The molecule has 8 heteroatoms. The van der Waals surface area contributed by atoms with E-state index >= 15 is 0 Å². The molecule has 7 nitrogen and oxygen atoms in total. The van der Waals surface area contributed by atoms with Gasteiger partial charge in [0.2, 0.25) is 0 Å². The van der Waals surface area contributed by atoms with Crippen molar-refractivity contribution < 1.29 is 9.53 Å². The fraction of sp³-hybridized carbons (Fsp3) is 0.400. The summed E-state index contributed by atoms with van der Waals surface area (Å²) in [6, 6.07) is 5.93. The summed E-state index contributed by atoms with van der Waals surface area (Å²) in [5.74, 6) is 1.28. The van der Waals surface area contributed by atoms with Gasteiger partial charge in [-0.3, -0.25) is 0 Å². The van der Waals surface area contributed by atoms with Gasteiger partial charge in [-0.2, -0.15) is 0 Å². The molecule has 1 aromatic carbocycles. The molecule has 3 aromatic rings. The fourth-order valence-corrected chi connectivity index (χ4v) is 4.23. The van der Waals surface area contributed by atoms with Crippen LogP contribution in [-0.2, 0) is 11.3 Å². The summed E-state index contributed by atoms with van der Waals surface area (Å²) >= 11 is 1.53. The number of hydrogen-bond acceptors (Lipinski definition) is 7. The Hall–Kier alpha value is -2.61. The molecule has 0 fully saturated rings. The molecule has 0 aliphatic heterocycles. The van der Waals surface area contributed by atoms with Gasteiger partial charge in [-0.25, -0.2) is 15.0 Å². The Labute approximate surface area is 168 Å². The van der Waals surface area contributed by atoms with E-state index in [1.165, 1.54) is 18.1 Å². The highest BCUT2D eigenvalue weighted by Gasteiger charge is 2.25. The summed E-state index contributed by atoms with van der Waals surface area (Å²) < 4.78 is 7.39. The van der Waals surface area contributed by atoms with Crippen LogP contribution in [-0.4, -0.2) is 32.4 Å². The van der Waals surface area contributed by atoms with Crippen molar-refractivity contribution in [2.75, 3.05) is 12.8 Å². The van der Waals surface area contributed by atoms with E-state index in [2.05, 4.69) is 23.8 Å². The smallest absolute Gasteiger partial charge is 0.175 e. The second kappa shape index (κ2) is 7.79. The number of Topliss-reactive ketones (excluding diaryl/α,β-unsaturated/α-hetero) is 1. The molecule has 0 saturated heterocycles. The van der Waals surface area contributed by atoms with Crippen LogP contribution >= 0.6 is 11.8 Å². The van der Waals surface area contributed by atoms with Gasteiger partial charge in [0.05, 0.1) is 7.11 Å². The monoisotopic (exact) mass is 399 g/mol. The molecule has 2 heterocycles. The number of ketones is 1. The third-order valence-electron chi connectivity index (χ3n) is 4.44. The number of rotatable bonds is 7. The first-order valence-electron chi connectivity index (χ1n) is 8.99. The van der Waals surface area contributed by atoms with Crippen LogP contribution in [0.1, 0.15) is 32.8 Å². The fourth-order valence-electron chi connectivity index (χ4n) is 3.23. The maximum Gasteiger partial charge on any atom is 0.175 e. The van der Waals surface area contributed by atoms with Crippen molar-refractivity contribution in [3.8, 4) is 5.75 Å². The SMILES string of the molecule is COc1ccc(C)c(Sc2nc3c(N)ncnc3n2CC(C)(C)CC(C)=O)c1. The average molecular weight is 400 g/mol. The predicted molar refractivity (Wildman–Crippen MR) is 111 cm³/mol. The second-order valence-electron chi connectivity index (χ2n) is 7.69. The largest absolute Gasteiger partial charge is 0.497 e. The third kappa shape index (κ3) is 4.27. The van der Waals surface area contributed by atoms with Crippen molar-refractivity contribution in [1.82, 2.24) is 19.5 Å². The summed E-state index contributed by atoms with van der Waals surface area (Å²) in [7, 11) is 1.65. The number of hydrogen-bond donors (Lipinski definition) is 1. The molecule has 2 aromatic heterocycles. The van der Waals surface area contributed by atoms with Crippen LogP contribution in [0.4, 0.5) is 5.82 Å². The molecule has 0 radical (unpaired) electrons. The number of nitrogens with zero attached hydrogens (tertiary/aromatic N) is 4. The van der Waals surface area contributed by atoms with Crippen LogP contribution < -0.4 is 10.5 Å². The lowest BCUT2D eigenvalue weighted by Gasteiger charge is -2.25. The van der Waals surface area contributed by atoms with Crippen molar-refractivity contribution in [3.05, 3.63) is 30.1 Å². The molecule has 0 aliphatic carbocycles. The lowest BCUT2D eigenvalue weighted by molar-refractivity contribution is -0.119. The Bertz CT molecular complexity index is 1030. The first-order valence-corrected chi connectivity index (χ1v) is 9.80. The van der Waals surface area contributed by atoms with Gasteiger partial charge in [0, 0.05) is 17.9 Å². The number of aryl methyl sites for hydroxylation is 1. The highest BCUT2D eigenvalue weighted by atomic mass is 32.2. The topological polar surface area (TPSA) is 95.9 Å². The van der Waals surface area contributed by atoms with Crippen molar-refractivity contribution >= 4 is 34.5 Å². The molecular formula is C20H25N5O2S. The molecule has 0 atom stereocenters. The number of aromatic nitrogens is 4. The minimum Gasteiger partial charge on any atom is -0.497 e. The van der Waals surface area contributed by atoms with E-state index in [0.717, 1.165) is 21.4 Å². The van der Waals surface area contributed by atoms with Gasteiger partial charge in [0.25, 0.3) is 0 Å². The molecule has 0 unspecified atom stereocenters. The van der Waals surface area contributed by atoms with E-state index in [1.807, 2.05) is 29.7 Å². The van der Waals surface area contributed by atoms with Crippen molar-refractivity contribution in [1.29, 1.82) is 0 Å². The van der Waals surface area contributed by atoms with E-state index in [0.29, 0.717) is 29.9 Å². The molecule has 0 bridgehead atoms. The lowest BCUT2D eigenvalue weighted by atomic mass is 9.87. The molecule has 0 spiro atoms. The number of ether oxygens (including phenoxy) is 1. The van der Waals surface area contributed by atoms with Gasteiger partial charge in [-0.1, -0.05) is 31.7 Å². The summed E-state index contributed by atoms with van der Waals surface area (Å²) in [6.07, 6.45) is 1.91. The van der Waals surface area contributed by atoms with E-state index in [9.17, 15) is 4.79 Å². The summed E-state index contributed by atoms with van der Waals surface area (Å²) in [5, 5.41) is 0.759. The number of methoxy groups -OCH3 is 1. The van der Waals surface area contributed by atoms with Gasteiger partial charge in [-0.05, 0) is 37.0 Å². The van der Waals surface area contributed by atoms with Gasteiger partial charge < -0.3 is 19.8 Å². The number of carbonyl (C=O) groups is 1. The Morgan fingerprint density at radius 3 is 2.75 bits per heavy atom. The zero-order valence-electron chi connectivity index (χ0n) is 16.8. The molecule has 28 heavy (non-hydrogen) atoms. The van der Waals surface area contributed by atoms with Crippen LogP contribution in [0.5, 0.6) is 5.75 Å². The van der Waals surface area contributed by atoms with Gasteiger partial charge in [0.15, 0.2) is 22.1 Å². The number of carbonyl (C=O) groups excluding carboxylic acids is 1. The van der Waals surface area contributed by atoms with Gasteiger partial charge in [0.1, 0.15) is 17.9 Å². The van der Waals surface area contributed by atoms with Crippen molar-refractivity contribution in [2.45, 2.75) is 50.7 Å². The normalized spacial score (nSPS) is 11.8. The maximum atomic E-state index is 11.7. The van der Waals surface area contributed by atoms with Crippen LogP contribution in [0.25, 0.3) is 11.2 Å². The van der Waals surface area contributed by atoms with Crippen LogP contribution in [0.2, 0.25) is 0 Å². The molecular weight excluding hydrogens is 374 g/mol. The molecule has 3 rings (SSSR count). The molecule has 0 saturated carbocycles. The highest BCUT2D eigenvalue weighted by molar-refractivity contribution is 7.99. The lowest BCUT2D eigenvalue weighted by Crippen LogP contribution is -2.23. The number of nitrogens with two attached hydrogens (primary N) is 1.